The molecule has 2 atom stereocenters. The molecule has 0 aromatic heterocycles. The van der Waals surface area contributed by atoms with Crippen LogP contribution in [0.2, 0.25) is 0 Å². The number of ether oxygens (including phenoxy) is 3. The fourth-order valence-electron chi connectivity index (χ4n) is 6.45. The van der Waals surface area contributed by atoms with Gasteiger partial charge in [-0.3, -0.25) is 9.59 Å². The summed E-state index contributed by atoms with van der Waals surface area (Å²) in [7, 11) is 5.51. The second kappa shape index (κ2) is 39.8. The van der Waals surface area contributed by atoms with Gasteiger partial charge < -0.3 is 23.8 Å². The number of nitrogens with zero attached hydrogens (tertiary/aromatic N) is 1. The lowest BCUT2D eigenvalue weighted by Gasteiger charge is -2.31. The normalized spacial score (nSPS) is 13.5. The molecule has 0 aliphatic heterocycles. The Balaban J connectivity index is 4.37. The number of carboxylic acids is 1. The summed E-state index contributed by atoms with van der Waals surface area (Å²) in [5, 5.41) is 9.62. The molecule has 57 heavy (non-hydrogen) atoms. The molecule has 0 radical (unpaired) electrons. The van der Waals surface area contributed by atoms with Crippen LogP contribution in [0.5, 0.6) is 0 Å². The Labute approximate surface area is 349 Å². The van der Waals surface area contributed by atoms with E-state index in [2.05, 4.69) is 50.3 Å². The van der Waals surface area contributed by atoms with Crippen LogP contribution >= 0.6 is 0 Å². The number of carbonyl (C=O) groups excluding carboxylic acids is 2. The lowest BCUT2D eigenvalue weighted by molar-refractivity contribution is -0.887. The smallest absolute Gasteiger partial charge is 0.362 e. The number of hydrogen-bond acceptors (Lipinski definition) is 6. The molecule has 8 nitrogen and oxygen atoms in total. The summed E-state index contributed by atoms with van der Waals surface area (Å²) in [5.74, 6) is -1.51. The molecule has 0 fully saturated rings. The molecule has 0 aromatic carbocycles. The SMILES string of the molecule is CC/C=C/C=C/C=C/C=C/CCCCCCCC(=O)OCC(COCCC(C(=O)O)[N+](C)(C)C)OC(=O)CCCCCCC/C=C/CCCCCCCCCCC. The van der Waals surface area contributed by atoms with Gasteiger partial charge in [0.05, 0.1) is 34.4 Å². The van der Waals surface area contributed by atoms with E-state index in [9.17, 15) is 19.5 Å². The Hall–Kier alpha value is -2.97. The van der Waals surface area contributed by atoms with Gasteiger partial charge in [0.1, 0.15) is 6.61 Å². The highest BCUT2D eigenvalue weighted by atomic mass is 16.6. The van der Waals surface area contributed by atoms with E-state index in [-0.39, 0.29) is 36.2 Å². The summed E-state index contributed by atoms with van der Waals surface area (Å²) in [6.07, 6.45) is 48.3. The first-order valence-corrected chi connectivity index (χ1v) is 22.9. The van der Waals surface area contributed by atoms with E-state index in [1.807, 2.05) is 45.4 Å². The predicted octanol–water partition coefficient (Wildman–Crippen LogP) is 12.6. The van der Waals surface area contributed by atoms with Crippen molar-refractivity contribution in [2.45, 2.75) is 193 Å². The number of likely N-dealkylation sites (N-methyl/N-ethyl adjacent to an activating group) is 1. The number of hydrogen-bond donors (Lipinski definition) is 1. The lowest BCUT2D eigenvalue weighted by Crippen LogP contribution is -2.50. The molecular weight excluding hydrogens is 715 g/mol. The third-order valence-electron chi connectivity index (χ3n) is 10.00. The number of rotatable bonds is 40. The van der Waals surface area contributed by atoms with Crippen molar-refractivity contribution in [3.05, 3.63) is 60.8 Å². The second-order valence-corrected chi connectivity index (χ2v) is 16.4. The molecule has 328 valence electrons. The summed E-state index contributed by atoms with van der Waals surface area (Å²) in [6.45, 7) is 4.56. The predicted molar refractivity (Wildman–Crippen MR) is 238 cm³/mol. The van der Waals surface area contributed by atoms with Crippen LogP contribution in [0.1, 0.15) is 181 Å². The molecular formula is C49H86NO7+. The van der Waals surface area contributed by atoms with E-state index in [0.717, 1.165) is 77.0 Å². The van der Waals surface area contributed by atoms with Gasteiger partial charge in [-0.1, -0.05) is 164 Å². The zero-order chi connectivity index (χ0) is 42.1. The Morgan fingerprint density at radius 1 is 0.544 bits per heavy atom. The van der Waals surface area contributed by atoms with Crippen LogP contribution in [0.25, 0.3) is 0 Å². The van der Waals surface area contributed by atoms with Crippen LogP contribution in [-0.4, -0.2) is 80.6 Å². The van der Waals surface area contributed by atoms with Crippen LogP contribution in [0.3, 0.4) is 0 Å². The van der Waals surface area contributed by atoms with E-state index in [4.69, 9.17) is 14.2 Å². The van der Waals surface area contributed by atoms with Crippen molar-refractivity contribution in [3.8, 4) is 0 Å². The van der Waals surface area contributed by atoms with Crippen molar-refractivity contribution in [2.24, 2.45) is 0 Å². The zero-order valence-electron chi connectivity index (χ0n) is 37.3. The van der Waals surface area contributed by atoms with Gasteiger partial charge in [0.15, 0.2) is 12.1 Å². The highest BCUT2D eigenvalue weighted by molar-refractivity contribution is 5.72. The molecule has 2 unspecified atom stereocenters. The molecule has 0 amide bonds. The largest absolute Gasteiger partial charge is 0.477 e. The first-order valence-electron chi connectivity index (χ1n) is 22.9. The molecule has 0 aromatic rings. The molecule has 0 aliphatic rings. The average Bonchev–Trinajstić information content (AvgIpc) is 3.17. The minimum absolute atomic E-state index is 0.0480. The van der Waals surface area contributed by atoms with E-state index in [0.29, 0.717) is 19.3 Å². The van der Waals surface area contributed by atoms with E-state index in [1.165, 1.54) is 70.6 Å². The standard InChI is InChI=1S/C49H85NO7/c1-6-8-10-12-14-16-18-20-22-23-24-26-28-30-32-34-36-38-40-48(52)57-45(43-55-42-41-46(49(53)54)50(3,4)5)44-56-47(51)39-37-35-33-31-29-27-25-21-19-17-15-13-11-9-7-2/h9,11,13,15,17,19,21,24-26,45-46H,6-8,10,12,14,16,18,20,22-23,27-44H2,1-5H3/p+1/b11-9+,15-13+,19-17+,25-21+,26-24+. The molecule has 0 spiro atoms. The minimum Gasteiger partial charge on any atom is -0.477 e. The number of unbranched alkanes of at least 4 members (excludes halogenated alkanes) is 19. The van der Waals surface area contributed by atoms with Crippen LogP contribution in [0, 0.1) is 0 Å². The number of aliphatic carboxylic acids is 1. The highest BCUT2D eigenvalue weighted by Gasteiger charge is 2.31. The summed E-state index contributed by atoms with van der Waals surface area (Å²) >= 11 is 0. The average molecular weight is 801 g/mol. The summed E-state index contributed by atoms with van der Waals surface area (Å²) in [6, 6.07) is -0.622. The number of allylic oxidation sites excluding steroid dienone is 10. The fourth-order valence-corrected chi connectivity index (χ4v) is 6.45. The number of carboxylic acid groups (broad SMARTS) is 1. The van der Waals surface area contributed by atoms with Crippen molar-refractivity contribution in [1.29, 1.82) is 0 Å². The molecule has 0 heterocycles. The van der Waals surface area contributed by atoms with Gasteiger partial charge >= 0.3 is 17.9 Å². The Morgan fingerprint density at radius 3 is 1.51 bits per heavy atom. The third kappa shape index (κ3) is 38.3. The maximum absolute atomic E-state index is 12.7. The van der Waals surface area contributed by atoms with Crippen molar-refractivity contribution < 1.29 is 38.2 Å². The summed E-state index contributed by atoms with van der Waals surface area (Å²) in [4.78, 5) is 37.0. The van der Waals surface area contributed by atoms with E-state index >= 15 is 0 Å². The zero-order valence-corrected chi connectivity index (χ0v) is 37.3. The number of quaternary nitrogens is 1. The molecule has 0 saturated heterocycles. The maximum Gasteiger partial charge on any atom is 0.362 e. The topological polar surface area (TPSA) is 99.1 Å². The Morgan fingerprint density at radius 2 is 1.00 bits per heavy atom. The van der Waals surface area contributed by atoms with E-state index < -0.39 is 18.1 Å². The Kier molecular flexibility index (Phi) is 37.8. The van der Waals surface area contributed by atoms with Crippen LogP contribution in [0.15, 0.2) is 60.8 Å². The minimum atomic E-state index is -0.882. The third-order valence-corrected chi connectivity index (χ3v) is 10.00. The number of esters is 2. The monoisotopic (exact) mass is 801 g/mol. The van der Waals surface area contributed by atoms with Crippen LogP contribution in [-0.2, 0) is 28.6 Å². The van der Waals surface area contributed by atoms with Crippen molar-refractivity contribution in [1.82, 2.24) is 0 Å². The molecule has 1 N–H and O–H groups in total. The molecule has 8 heteroatoms. The van der Waals surface area contributed by atoms with Crippen molar-refractivity contribution in [2.75, 3.05) is 41.0 Å². The summed E-state index contributed by atoms with van der Waals surface area (Å²) < 4.78 is 17.3. The van der Waals surface area contributed by atoms with Gasteiger partial charge in [-0.15, -0.1) is 0 Å². The fraction of sp³-hybridized carbons (Fsp3) is 0.735. The number of carbonyl (C=O) groups is 3. The second-order valence-electron chi connectivity index (χ2n) is 16.4. The lowest BCUT2D eigenvalue weighted by atomic mass is 10.1. The first-order chi connectivity index (χ1) is 27.6. The molecule has 0 bridgehead atoms. The van der Waals surface area contributed by atoms with Gasteiger partial charge in [-0.05, 0) is 57.8 Å². The van der Waals surface area contributed by atoms with Gasteiger partial charge in [-0.25, -0.2) is 4.79 Å². The summed E-state index contributed by atoms with van der Waals surface area (Å²) in [5.41, 5.74) is 0. The van der Waals surface area contributed by atoms with Gasteiger partial charge in [-0.2, -0.15) is 0 Å². The van der Waals surface area contributed by atoms with Gasteiger partial charge in [0, 0.05) is 19.3 Å². The van der Waals surface area contributed by atoms with Crippen molar-refractivity contribution >= 4 is 17.9 Å². The Bertz CT molecular complexity index is 1120. The maximum atomic E-state index is 12.7. The highest BCUT2D eigenvalue weighted by Crippen LogP contribution is 2.14. The van der Waals surface area contributed by atoms with E-state index in [1.54, 1.807) is 0 Å². The molecule has 0 saturated carbocycles. The van der Waals surface area contributed by atoms with Crippen LogP contribution < -0.4 is 0 Å². The van der Waals surface area contributed by atoms with Gasteiger partial charge in [0.25, 0.3) is 0 Å². The van der Waals surface area contributed by atoms with Crippen molar-refractivity contribution in [3.63, 3.8) is 0 Å². The van der Waals surface area contributed by atoms with Crippen LogP contribution in [0.4, 0.5) is 0 Å². The molecule has 0 rings (SSSR count). The first kappa shape index (κ1) is 54.0. The van der Waals surface area contributed by atoms with Gasteiger partial charge in [0.2, 0.25) is 0 Å². The molecule has 0 aliphatic carbocycles. The quantitative estimate of drug-likeness (QED) is 0.0217.